The highest BCUT2D eigenvalue weighted by molar-refractivity contribution is 8.00. The average molecular weight is 348 g/mol. The van der Waals surface area contributed by atoms with Crippen LogP contribution in [0.5, 0.6) is 0 Å². The number of nitrogens with zero attached hydrogens (tertiary/aromatic N) is 2. The summed E-state index contributed by atoms with van der Waals surface area (Å²) in [5.74, 6) is 1.51. The molecule has 2 N–H and O–H groups in total. The van der Waals surface area contributed by atoms with Gasteiger partial charge in [0.2, 0.25) is 5.91 Å². The molecule has 0 aromatic heterocycles. The first-order valence-corrected chi connectivity index (χ1v) is 9.98. The van der Waals surface area contributed by atoms with Crippen LogP contribution < -0.4 is 5.73 Å². The van der Waals surface area contributed by atoms with Crippen LogP contribution in [-0.2, 0) is 11.3 Å². The molecule has 132 valence electrons. The molecule has 2 heterocycles. The lowest BCUT2D eigenvalue weighted by molar-refractivity contribution is -0.135. The molecule has 1 atom stereocenters. The molecule has 1 aromatic rings. The molecule has 0 saturated carbocycles. The van der Waals surface area contributed by atoms with Gasteiger partial charge in [0.05, 0.1) is 10.9 Å². The van der Waals surface area contributed by atoms with Gasteiger partial charge in [-0.05, 0) is 24.3 Å². The molecule has 0 radical (unpaired) electrons. The monoisotopic (exact) mass is 347 g/mol. The van der Waals surface area contributed by atoms with Crippen LogP contribution in [-0.4, -0.2) is 52.0 Å². The highest BCUT2D eigenvalue weighted by Crippen LogP contribution is 2.44. The van der Waals surface area contributed by atoms with E-state index in [1.54, 1.807) is 0 Å². The standard InChI is InChI=1S/C19H29N3OS/c1-15(2)17(20)18(23)21-10-8-19(9-11-21)22(12-13-24-19)14-16-6-4-3-5-7-16/h3-7,15,17H,8-14,20H2,1-2H3/t17-/m0/s1. The Morgan fingerprint density at radius 3 is 2.50 bits per heavy atom. The fourth-order valence-corrected chi connectivity index (χ4v) is 5.20. The molecule has 1 spiro atoms. The van der Waals surface area contributed by atoms with E-state index >= 15 is 0 Å². The van der Waals surface area contributed by atoms with E-state index in [1.807, 2.05) is 18.7 Å². The van der Waals surface area contributed by atoms with Gasteiger partial charge in [-0.2, -0.15) is 0 Å². The minimum Gasteiger partial charge on any atom is -0.341 e. The molecule has 0 bridgehead atoms. The van der Waals surface area contributed by atoms with Crippen LogP contribution in [0.1, 0.15) is 32.3 Å². The Kier molecular flexibility index (Phi) is 5.52. The summed E-state index contributed by atoms with van der Waals surface area (Å²) >= 11 is 2.08. The van der Waals surface area contributed by atoms with Crippen molar-refractivity contribution in [2.75, 3.05) is 25.4 Å². The number of benzene rings is 1. The van der Waals surface area contributed by atoms with Crippen molar-refractivity contribution in [2.24, 2.45) is 11.7 Å². The number of amides is 1. The normalized spacial score (nSPS) is 22.2. The third-order valence-electron chi connectivity index (χ3n) is 5.38. The SMILES string of the molecule is CC(C)[C@H](N)C(=O)N1CCC2(CC1)SCCN2Cc1ccccc1. The van der Waals surface area contributed by atoms with Gasteiger partial charge in [0.1, 0.15) is 0 Å². The van der Waals surface area contributed by atoms with Crippen molar-refractivity contribution in [1.29, 1.82) is 0 Å². The zero-order valence-electron chi connectivity index (χ0n) is 14.8. The Labute approximate surface area is 149 Å². The summed E-state index contributed by atoms with van der Waals surface area (Å²) in [6, 6.07) is 10.3. The molecular formula is C19H29N3OS. The Morgan fingerprint density at radius 1 is 1.21 bits per heavy atom. The molecule has 1 aromatic carbocycles. The van der Waals surface area contributed by atoms with Crippen molar-refractivity contribution in [3.8, 4) is 0 Å². The predicted octanol–water partition coefficient (Wildman–Crippen LogP) is 2.54. The fourth-order valence-electron chi connectivity index (χ4n) is 3.70. The lowest BCUT2D eigenvalue weighted by Gasteiger charge is -2.45. The van der Waals surface area contributed by atoms with E-state index in [2.05, 4.69) is 47.0 Å². The van der Waals surface area contributed by atoms with Gasteiger partial charge in [-0.3, -0.25) is 9.69 Å². The van der Waals surface area contributed by atoms with Gasteiger partial charge < -0.3 is 10.6 Å². The third-order valence-corrected chi connectivity index (χ3v) is 6.97. The Hall–Kier alpha value is -1.04. The third kappa shape index (κ3) is 3.63. The summed E-state index contributed by atoms with van der Waals surface area (Å²) in [7, 11) is 0. The second-order valence-corrected chi connectivity index (χ2v) is 8.75. The molecule has 3 rings (SSSR count). The first-order chi connectivity index (χ1) is 11.5. The Balaban J connectivity index is 1.62. The average Bonchev–Trinajstić information content (AvgIpc) is 2.97. The Bertz CT molecular complexity index is 555. The number of piperidine rings is 1. The van der Waals surface area contributed by atoms with Gasteiger partial charge in [-0.25, -0.2) is 0 Å². The van der Waals surface area contributed by atoms with Gasteiger partial charge in [-0.1, -0.05) is 44.2 Å². The van der Waals surface area contributed by atoms with Gasteiger partial charge in [0.15, 0.2) is 0 Å². The molecule has 24 heavy (non-hydrogen) atoms. The number of likely N-dealkylation sites (tertiary alicyclic amines) is 1. The van der Waals surface area contributed by atoms with Crippen LogP contribution in [0.25, 0.3) is 0 Å². The van der Waals surface area contributed by atoms with Crippen LogP contribution in [0.3, 0.4) is 0 Å². The molecule has 4 nitrogen and oxygen atoms in total. The van der Waals surface area contributed by atoms with Crippen LogP contribution in [0.2, 0.25) is 0 Å². The quantitative estimate of drug-likeness (QED) is 0.909. The summed E-state index contributed by atoms with van der Waals surface area (Å²) in [5, 5.41) is 0. The van der Waals surface area contributed by atoms with Crippen LogP contribution in [0.4, 0.5) is 0 Å². The number of thioether (sulfide) groups is 1. The van der Waals surface area contributed by atoms with E-state index in [0.29, 0.717) is 0 Å². The van der Waals surface area contributed by atoms with Gasteiger partial charge >= 0.3 is 0 Å². The summed E-state index contributed by atoms with van der Waals surface area (Å²) in [6.07, 6.45) is 2.09. The summed E-state index contributed by atoms with van der Waals surface area (Å²) in [6.45, 7) is 7.84. The lowest BCUT2D eigenvalue weighted by Crippen LogP contribution is -2.55. The lowest BCUT2D eigenvalue weighted by atomic mass is 9.98. The van der Waals surface area contributed by atoms with Crippen molar-refractivity contribution >= 4 is 17.7 Å². The number of hydrogen-bond acceptors (Lipinski definition) is 4. The van der Waals surface area contributed by atoms with Crippen LogP contribution in [0.15, 0.2) is 30.3 Å². The van der Waals surface area contributed by atoms with Crippen molar-refractivity contribution in [2.45, 2.75) is 44.1 Å². The molecule has 2 aliphatic rings. The zero-order valence-corrected chi connectivity index (χ0v) is 15.6. The van der Waals surface area contributed by atoms with Gasteiger partial charge in [-0.15, -0.1) is 11.8 Å². The molecule has 0 aliphatic carbocycles. The minimum atomic E-state index is -0.365. The maximum Gasteiger partial charge on any atom is 0.239 e. The molecule has 2 fully saturated rings. The molecule has 2 aliphatic heterocycles. The summed E-state index contributed by atoms with van der Waals surface area (Å²) in [4.78, 5) is 17.3. The van der Waals surface area contributed by atoms with E-state index in [0.717, 1.165) is 39.0 Å². The summed E-state index contributed by atoms with van der Waals surface area (Å²) < 4.78 is 0. The number of rotatable bonds is 4. The zero-order chi connectivity index (χ0) is 17.2. The first-order valence-electron chi connectivity index (χ1n) is 8.99. The maximum atomic E-state index is 12.5. The highest BCUT2D eigenvalue weighted by atomic mass is 32.2. The maximum absolute atomic E-state index is 12.5. The molecule has 2 saturated heterocycles. The van der Waals surface area contributed by atoms with E-state index < -0.39 is 0 Å². The molecule has 0 unspecified atom stereocenters. The van der Waals surface area contributed by atoms with Crippen LogP contribution in [0, 0.1) is 5.92 Å². The fraction of sp³-hybridized carbons (Fsp3) is 0.632. The van der Waals surface area contributed by atoms with Gasteiger partial charge in [0.25, 0.3) is 0 Å². The van der Waals surface area contributed by atoms with E-state index in [4.69, 9.17) is 5.73 Å². The molecule has 5 heteroatoms. The van der Waals surface area contributed by atoms with Crippen molar-refractivity contribution in [3.63, 3.8) is 0 Å². The summed E-state index contributed by atoms with van der Waals surface area (Å²) in [5.41, 5.74) is 7.43. The number of carbonyl (C=O) groups excluding carboxylic acids is 1. The van der Waals surface area contributed by atoms with Gasteiger partial charge in [0, 0.05) is 31.9 Å². The second-order valence-electron chi connectivity index (χ2n) is 7.30. The molecule has 1 amide bonds. The number of nitrogens with two attached hydrogens (primary N) is 1. The second kappa shape index (κ2) is 7.46. The predicted molar refractivity (Wildman–Crippen MR) is 101 cm³/mol. The number of hydrogen-bond donors (Lipinski definition) is 1. The van der Waals surface area contributed by atoms with E-state index in [9.17, 15) is 4.79 Å². The number of carbonyl (C=O) groups is 1. The van der Waals surface area contributed by atoms with Crippen LogP contribution >= 0.6 is 11.8 Å². The van der Waals surface area contributed by atoms with Crippen molar-refractivity contribution in [3.05, 3.63) is 35.9 Å². The first kappa shape index (κ1) is 17.8. The smallest absolute Gasteiger partial charge is 0.239 e. The topological polar surface area (TPSA) is 49.6 Å². The Morgan fingerprint density at radius 2 is 1.88 bits per heavy atom. The molecular weight excluding hydrogens is 318 g/mol. The van der Waals surface area contributed by atoms with Crippen molar-refractivity contribution < 1.29 is 4.79 Å². The largest absolute Gasteiger partial charge is 0.341 e. The van der Waals surface area contributed by atoms with E-state index in [-0.39, 0.29) is 22.7 Å². The van der Waals surface area contributed by atoms with Crippen molar-refractivity contribution in [1.82, 2.24) is 9.80 Å². The highest BCUT2D eigenvalue weighted by Gasteiger charge is 2.44. The minimum absolute atomic E-state index is 0.123. The van der Waals surface area contributed by atoms with E-state index in [1.165, 1.54) is 11.3 Å².